The first-order valence-corrected chi connectivity index (χ1v) is 8.19. The lowest BCUT2D eigenvalue weighted by atomic mass is 9.97. The summed E-state index contributed by atoms with van der Waals surface area (Å²) in [6.45, 7) is 0.650. The molecule has 0 saturated heterocycles. The summed E-state index contributed by atoms with van der Waals surface area (Å²) in [5, 5.41) is 4.35. The second kappa shape index (κ2) is 9.90. The Hall–Kier alpha value is -1.26. The number of nitrogens with zero attached hydrogens (tertiary/aromatic N) is 1. The van der Waals surface area contributed by atoms with Crippen LogP contribution >= 0.6 is 35.6 Å². The van der Waals surface area contributed by atoms with Gasteiger partial charge in [-0.2, -0.15) is 0 Å². The van der Waals surface area contributed by atoms with Crippen LogP contribution in [0.5, 0.6) is 0 Å². The zero-order valence-electron chi connectivity index (χ0n) is 13.6. The molecule has 2 aromatic rings. The summed E-state index contributed by atoms with van der Waals surface area (Å²) in [5.41, 5.74) is 2.02. The van der Waals surface area contributed by atoms with Crippen LogP contribution in [0, 0.1) is 0 Å². The van der Waals surface area contributed by atoms with E-state index in [1.54, 1.807) is 4.90 Å². The van der Waals surface area contributed by atoms with Crippen molar-refractivity contribution in [3.05, 3.63) is 69.7 Å². The van der Waals surface area contributed by atoms with E-state index in [1.807, 2.05) is 62.6 Å². The molecule has 0 spiro atoms. The number of hydrogen-bond acceptors (Lipinski definition) is 2. The first-order valence-electron chi connectivity index (χ1n) is 7.44. The van der Waals surface area contributed by atoms with Crippen LogP contribution < -0.4 is 5.32 Å². The number of amides is 1. The van der Waals surface area contributed by atoms with E-state index in [4.69, 9.17) is 23.2 Å². The van der Waals surface area contributed by atoms with Gasteiger partial charge in [0.15, 0.2) is 0 Å². The van der Waals surface area contributed by atoms with Crippen LogP contribution in [0.3, 0.4) is 0 Å². The molecule has 0 saturated carbocycles. The summed E-state index contributed by atoms with van der Waals surface area (Å²) in [7, 11) is 3.66. The van der Waals surface area contributed by atoms with Gasteiger partial charge >= 0.3 is 0 Å². The van der Waals surface area contributed by atoms with Crippen molar-refractivity contribution in [2.75, 3.05) is 20.6 Å². The van der Waals surface area contributed by atoms with E-state index in [1.165, 1.54) is 0 Å². The van der Waals surface area contributed by atoms with E-state index in [9.17, 15) is 4.79 Å². The first-order chi connectivity index (χ1) is 11.0. The monoisotopic (exact) mass is 386 g/mol. The second-order valence-electron chi connectivity index (χ2n) is 5.36. The highest BCUT2D eigenvalue weighted by Gasteiger charge is 2.23. The number of hydrogen-bond donors (Lipinski definition) is 1. The largest absolute Gasteiger partial charge is 0.335 e. The Kier molecular flexibility index (Phi) is 8.57. The van der Waals surface area contributed by atoms with E-state index in [0.29, 0.717) is 23.0 Å². The minimum atomic E-state index is -0.172. The molecule has 2 aromatic carbocycles. The molecule has 1 N–H and O–H groups in total. The molecule has 0 aliphatic carbocycles. The van der Waals surface area contributed by atoms with Gasteiger partial charge < -0.3 is 10.2 Å². The van der Waals surface area contributed by atoms with Crippen LogP contribution in [0.1, 0.15) is 23.6 Å². The Morgan fingerprint density at radius 1 is 1.00 bits per heavy atom. The number of halogens is 3. The average molecular weight is 388 g/mol. The standard InChI is InChI=1S/C18H20Cl2N2O.ClH/c1-21-12-11-17(23)22(2)18(13-3-7-15(19)8-4-13)14-5-9-16(20)10-6-14;/h3-10,18,21H,11-12H2,1-2H3;1H. The SMILES string of the molecule is CNCCC(=O)N(C)C(c1ccc(Cl)cc1)c1ccc(Cl)cc1.Cl. The summed E-state index contributed by atoms with van der Waals surface area (Å²) < 4.78 is 0. The summed E-state index contributed by atoms with van der Waals surface area (Å²) in [5.74, 6) is 0.0780. The lowest BCUT2D eigenvalue weighted by Crippen LogP contribution is -2.33. The Morgan fingerprint density at radius 2 is 1.42 bits per heavy atom. The molecule has 0 unspecified atom stereocenters. The van der Waals surface area contributed by atoms with Crippen molar-refractivity contribution in [2.24, 2.45) is 0 Å². The van der Waals surface area contributed by atoms with Crippen molar-refractivity contribution in [3.8, 4) is 0 Å². The van der Waals surface area contributed by atoms with Crippen molar-refractivity contribution in [1.82, 2.24) is 10.2 Å². The van der Waals surface area contributed by atoms with E-state index >= 15 is 0 Å². The van der Waals surface area contributed by atoms with Gasteiger partial charge in [-0.1, -0.05) is 47.5 Å². The topological polar surface area (TPSA) is 32.3 Å². The molecular formula is C18H21Cl3N2O. The van der Waals surface area contributed by atoms with Crippen molar-refractivity contribution < 1.29 is 4.79 Å². The number of benzene rings is 2. The number of rotatable bonds is 6. The zero-order chi connectivity index (χ0) is 16.8. The number of carbonyl (C=O) groups excluding carboxylic acids is 1. The molecule has 3 nitrogen and oxygen atoms in total. The van der Waals surface area contributed by atoms with Crippen LogP contribution in [0.2, 0.25) is 10.0 Å². The van der Waals surface area contributed by atoms with Gasteiger partial charge in [-0.05, 0) is 42.4 Å². The summed E-state index contributed by atoms with van der Waals surface area (Å²) in [6, 6.07) is 15.0. The number of nitrogens with one attached hydrogen (secondary N) is 1. The molecule has 0 atom stereocenters. The molecule has 0 heterocycles. The molecule has 0 aromatic heterocycles. The van der Waals surface area contributed by atoms with E-state index in [0.717, 1.165) is 11.1 Å². The van der Waals surface area contributed by atoms with Gasteiger partial charge in [-0.3, -0.25) is 4.79 Å². The Morgan fingerprint density at radius 3 is 1.79 bits per heavy atom. The molecule has 0 bridgehead atoms. The smallest absolute Gasteiger partial charge is 0.224 e. The van der Waals surface area contributed by atoms with E-state index < -0.39 is 0 Å². The highest BCUT2D eigenvalue weighted by molar-refractivity contribution is 6.30. The average Bonchev–Trinajstić information content (AvgIpc) is 2.56. The summed E-state index contributed by atoms with van der Waals surface area (Å²) >= 11 is 12.0. The molecule has 6 heteroatoms. The molecule has 130 valence electrons. The maximum Gasteiger partial charge on any atom is 0.224 e. The van der Waals surface area contributed by atoms with Crippen molar-refractivity contribution in [1.29, 1.82) is 0 Å². The minimum Gasteiger partial charge on any atom is -0.335 e. The molecule has 0 aliphatic rings. The highest BCUT2D eigenvalue weighted by atomic mass is 35.5. The third kappa shape index (κ3) is 5.38. The fourth-order valence-corrected chi connectivity index (χ4v) is 2.73. The molecule has 1 amide bonds. The zero-order valence-corrected chi connectivity index (χ0v) is 16.0. The lowest BCUT2D eigenvalue weighted by molar-refractivity contribution is -0.131. The molecular weight excluding hydrogens is 367 g/mol. The summed E-state index contributed by atoms with van der Waals surface area (Å²) in [4.78, 5) is 14.2. The van der Waals surface area contributed by atoms with Crippen LogP contribution in [-0.4, -0.2) is 31.4 Å². The Balaban J connectivity index is 0.00000288. The van der Waals surface area contributed by atoms with Gasteiger partial charge in [-0.15, -0.1) is 12.4 Å². The van der Waals surface area contributed by atoms with Crippen molar-refractivity contribution in [3.63, 3.8) is 0 Å². The molecule has 0 fully saturated rings. The lowest BCUT2D eigenvalue weighted by Gasteiger charge is -2.29. The maximum absolute atomic E-state index is 12.5. The van der Waals surface area contributed by atoms with Crippen molar-refractivity contribution >= 4 is 41.5 Å². The normalized spacial score (nSPS) is 10.4. The quantitative estimate of drug-likeness (QED) is 0.787. The van der Waals surface area contributed by atoms with Gasteiger partial charge in [0.25, 0.3) is 0 Å². The third-order valence-electron chi connectivity index (χ3n) is 3.74. The molecule has 2 rings (SSSR count). The fraction of sp³-hybridized carbons (Fsp3) is 0.278. The number of carbonyl (C=O) groups is 1. The maximum atomic E-state index is 12.5. The third-order valence-corrected chi connectivity index (χ3v) is 4.24. The minimum absolute atomic E-state index is 0. The van der Waals surface area contributed by atoms with Gasteiger partial charge in [0, 0.05) is 30.1 Å². The van der Waals surface area contributed by atoms with Gasteiger partial charge in [0.1, 0.15) is 0 Å². The van der Waals surface area contributed by atoms with Gasteiger partial charge in [0.2, 0.25) is 5.91 Å². The molecule has 0 radical (unpaired) electrons. The fourth-order valence-electron chi connectivity index (χ4n) is 2.48. The molecule has 24 heavy (non-hydrogen) atoms. The van der Waals surface area contributed by atoms with Crippen molar-refractivity contribution in [2.45, 2.75) is 12.5 Å². The predicted octanol–water partition coefficient (Wildman–Crippen LogP) is 4.57. The van der Waals surface area contributed by atoms with E-state index in [-0.39, 0.29) is 24.4 Å². The first kappa shape index (κ1) is 20.8. The van der Waals surface area contributed by atoms with Crippen LogP contribution in [0.4, 0.5) is 0 Å². The predicted molar refractivity (Wildman–Crippen MR) is 103 cm³/mol. The highest BCUT2D eigenvalue weighted by Crippen LogP contribution is 2.29. The molecule has 0 aliphatic heterocycles. The van der Waals surface area contributed by atoms with Crippen LogP contribution in [0.25, 0.3) is 0 Å². The van der Waals surface area contributed by atoms with Crippen LogP contribution in [0.15, 0.2) is 48.5 Å². The Labute approximate surface area is 159 Å². The Bertz CT molecular complexity index is 599. The van der Waals surface area contributed by atoms with Gasteiger partial charge in [-0.25, -0.2) is 0 Å². The summed E-state index contributed by atoms with van der Waals surface area (Å²) in [6.07, 6.45) is 0.449. The van der Waals surface area contributed by atoms with Crippen LogP contribution in [-0.2, 0) is 4.79 Å². The second-order valence-corrected chi connectivity index (χ2v) is 6.24. The van der Waals surface area contributed by atoms with E-state index in [2.05, 4.69) is 5.32 Å². The van der Waals surface area contributed by atoms with Gasteiger partial charge in [0.05, 0.1) is 6.04 Å².